The van der Waals surface area contributed by atoms with Gasteiger partial charge in [-0.15, -0.1) is 10.2 Å². The topological polar surface area (TPSA) is 74.8 Å². The number of nitrogens with one attached hydrogen (secondary N) is 1. The van der Waals surface area contributed by atoms with E-state index in [4.69, 9.17) is 0 Å². The van der Waals surface area contributed by atoms with Gasteiger partial charge in [0.1, 0.15) is 0 Å². The molecule has 6 nitrogen and oxygen atoms in total. The average molecular weight is 444 g/mol. The first kappa shape index (κ1) is 20.8. The van der Waals surface area contributed by atoms with Crippen molar-refractivity contribution in [2.45, 2.75) is 70.9 Å². The van der Waals surface area contributed by atoms with Gasteiger partial charge in [0.05, 0.1) is 0 Å². The Morgan fingerprint density at radius 2 is 1.94 bits per heavy atom. The van der Waals surface area contributed by atoms with Gasteiger partial charge >= 0.3 is 0 Å². The first-order valence-electron chi connectivity index (χ1n) is 12.5. The molecule has 1 saturated carbocycles. The van der Waals surface area contributed by atoms with Gasteiger partial charge in [0.25, 0.3) is 0 Å². The van der Waals surface area contributed by atoms with E-state index in [0.29, 0.717) is 30.1 Å². The molecule has 6 rings (SSSR count). The van der Waals surface area contributed by atoms with Crippen molar-refractivity contribution in [1.29, 1.82) is 0 Å². The van der Waals surface area contributed by atoms with Gasteiger partial charge in [-0.2, -0.15) is 5.21 Å². The Bertz CT molecular complexity index is 1110. The molecule has 5 atom stereocenters. The molecule has 1 aliphatic heterocycles. The van der Waals surface area contributed by atoms with Gasteiger partial charge in [0.2, 0.25) is 11.7 Å². The molecular weight excluding hydrogens is 410 g/mol. The number of hydrogen-bond acceptors (Lipinski definition) is 4. The number of carbonyl (C=O) groups is 1. The molecule has 0 spiro atoms. The first-order valence-corrected chi connectivity index (χ1v) is 12.5. The number of aromatic amines is 1. The largest absolute Gasteiger partial charge is 0.333 e. The maximum Gasteiger partial charge on any atom is 0.223 e. The van der Waals surface area contributed by atoms with Gasteiger partial charge in [0.15, 0.2) is 0 Å². The lowest BCUT2D eigenvalue weighted by molar-refractivity contribution is -0.158. The third-order valence-corrected chi connectivity index (χ3v) is 9.53. The highest BCUT2D eigenvalue weighted by Gasteiger charge is 2.57. The molecule has 2 aromatic rings. The summed E-state index contributed by atoms with van der Waals surface area (Å²) in [6.45, 7) is 5.60. The quantitative estimate of drug-likeness (QED) is 0.729. The van der Waals surface area contributed by atoms with E-state index in [0.717, 1.165) is 44.5 Å². The number of nitrogens with zero attached hydrogens (tertiary/aromatic N) is 4. The predicted molar refractivity (Wildman–Crippen MR) is 127 cm³/mol. The summed E-state index contributed by atoms with van der Waals surface area (Å²) in [6, 6.07) is 10.5. The zero-order chi connectivity index (χ0) is 22.6. The summed E-state index contributed by atoms with van der Waals surface area (Å²) in [5.74, 6) is 2.95. The minimum atomic E-state index is -0.0473. The van der Waals surface area contributed by atoms with Crippen LogP contribution < -0.4 is 0 Å². The fraction of sp³-hybridized carbons (Fsp3) is 0.556. The maximum atomic E-state index is 13.1. The second-order valence-corrected chi connectivity index (χ2v) is 11.0. The van der Waals surface area contributed by atoms with Gasteiger partial charge in [-0.05, 0) is 85.0 Å². The molecule has 1 amide bonds. The Morgan fingerprint density at radius 1 is 1.09 bits per heavy atom. The zero-order valence-corrected chi connectivity index (χ0v) is 19.6. The third kappa shape index (κ3) is 3.21. The van der Waals surface area contributed by atoms with E-state index in [9.17, 15) is 4.79 Å². The number of likely N-dealkylation sites (tertiary alicyclic amines) is 1. The molecule has 2 heterocycles. The second-order valence-electron chi connectivity index (χ2n) is 11.0. The van der Waals surface area contributed by atoms with Crippen LogP contribution >= 0.6 is 0 Å². The van der Waals surface area contributed by atoms with Crippen molar-refractivity contribution in [3.63, 3.8) is 0 Å². The number of carbonyl (C=O) groups excluding carboxylic acids is 1. The monoisotopic (exact) mass is 443 g/mol. The minimum absolute atomic E-state index is 0.0473. The van der Waals surface area contributed by atoms with Crippen molar-refractivity contribution < 1.29 is 4.79 Å². The van der Waals surface area contributed by atoms with Crippen LogP contribution in [0.3, 0.4) is 0 Å². The Morgan fingerprint density at radius 3 is 2.73 bits per heavy atom. The summed E-state index contributed by atoms with van der Waals surface area (Å²) in [7, 11) is 0. The molecular formula is C27H33N5O. The van der Waals surface area contributed by atoms with Gasteiger partial charge < -0.3 is 4.90 Å². The second kappa shape index (κ2) is 7.64. The molecule has 0 unspecified atom stereocenters. The van der Waals surface area contributed by atoms with E-state index in [1.54, 1.807) is 0 Å². The molecule has 1 saturated heterocycles. The van der Waals surface area contributed by atoms with Crippen LogP contribution in [-0.4, -0.2) is 37.0 Å². The molecule has 4 aliphatic rings. The number of hydrogen-bond donors (Lipinski definition) is 1. The van der Waals surface area contributed by atoms with E-state index in [-0.39, 0.29) is 11.0 Å². The van der Waals surface area contributed by atoms with Crippen molar-refractivity contribution in [1.82, 2.24) is 25.5 Å². The normalized spacial score (nSPS) is 35.8. The number of tetrazole rings is 1. The molecule has 1 N–H and O–H groups in total. The van der Waals surface area contributed by atoms with E-state index >= 15 is 0 Å². The Hall–Kier alpha value is -2.76. The molecule has 172 valence electrons. The van der Waals surface area contributed by atoms with Crippen LogP contribution in [0.4, 0.5) is 0 Å². The highest BCUT2D eigenvalue weighted by atomic mass is 16.2. The lowest BCUT2D eigenvalue weighted by atomic mass is 9.48. The van der Waals surface area contributed by atoms with Crippen LogP contribution in [0.1, 0.15) is 70.2 Å². The number of rotatable bonds is 3. The van der Waals surface area contributed by atoms with Gasteiger partial charge in [-0.3, -0.25) is 4.79 Å². The molecule has 1 aromatic heterocycles. The third-order valence-electron chi connectivity index (χ3n) is 9.53. The molecule has 6 heteroatoms. The molecule has 3 aliphatic carbocycles. The fourth-order valence-corrected chi connectivity index (χ4v) is 7.69. The van der Waals surface area contributed by atoms with Crippen LogP contribution in [0.15, 0.2) is 48.1 Å². The Labute approximate surface area is 195 Å². The van der Waals surface area contributed by atoms with Gasteiger partial charge in [-0.25, -0.2) is 0 Å². The van der Waals surface area contributed by atoms with Gasteiger partial charge in [0, 0.05) is 24.1 Å². The smallest absolute Gasteiger partial charge is 0.223 e. The number of fused-ring (bicyclic) bond motifs is 5. The molecule has 1 aromatic carbocycles. The summed E-state index contributed by atoms with van der Waals surface area (Å²) in [5.41, 5.74) is 4.05. The van der Waals surface area contributed by atoms with Crippen LogP contribution in [0.2, 0.25) is 0 Å². The van der Waals surface area contributed by atoms with Crippen molar-refractivity contribution in [2.75, 3.05) is 0 Å². The van der Waals surface area contributed by atoms with Crippen molar-refractivity contribution in [3.05, 3.63) is 59.4 Å². The number of piperidine rings is 1. The maximum absolute atomic E-state index is 13.1. The number of H-pyrrole nitrogens is 1. The first-order chi connectivity index (χ1) is 16.0. The summed E-state index contributed by atoms with van der Waals surface area (Å²) >= 11 is 0. The number of amides is 1. The van der Waals surface area contributed by atoms with Gasteiger partial charge in [-0.1, -0.05) is 49.4 Å². The minimum Gasteiger partial charge on any atom is -0.333 e. The summed E-state index contributed by atoms with van der Waals surface area (Å²) in [6.07, 6.45) is 12.1. The molecule has 0 bridgehead atoms. The average Bonchev–Trinajstić information content (AvgIpc) is 3.36. The summed E-state index contributed by atoms with van der Waals surface area (Å²) in [4.78, 5) is 15.4. The Kier molecular flexibility index (Phi) is 4.82. The lowest BCUT2D eigenvalue weighted by Crippen LogP contribution is -2.63. The Balaban J connectivity index is 1.31. The van der Waals surface area contributed by atoms with Crippen LogP contribution in [0, 0.1) is 23.2 Å². The van der Waals surface area contributed by atoms with Crippen LogP contribution in [0.25, 0.3) is 5.57 Å². The standard InChI is InChI=1S/C27H33N5O/c1-26-14-12-19(25-28-30-31-29-25)16-20(26)8-9-21-22(26)13-15-27(2)23(21)10-11-24(33)32(27)17-18-6-4-3-5-7-18/h3-8,16,21-23H,9-15,17H2,1-2H3,(H,28,29,30,31)/t21-,22+,23+,26+,27+/m1/s1. The predicted octanol–water partition coefficient (Wildman–Crippen LogP) is 4.94. The highest BCUT2D eigenvalue weighted by molar-refractivity contribution is 5.78. The van der Waals surface area contributed by atoms with Crippen molar-refractivity contribution in [2.24, 2.45) is 23.2 Å². The fourth-order valence-electron chi connectivity index (χ4n) is 7.69. The number of aromatic nitrogens is 4. The van der Waals surface area contributed by atoms with Crippen LogP contribution in [0.5, 0.6) is 0 Å². The molecule has 33 heavy (non-hydrogen) atoms. The van der Waals surface area contributed by atoms with E-state index in [1.807, 2.05) is 6.07 Å². The number of allylic oxidation sites excluding steroid dienone is 4. The molecule has 0 radical (unpaired) electrons. The zero-order valence-electron chi connectivity index (χ0n) is 19.6. The van der Waals surface area contributed by atoms with Crippen LogP contribution in [-0.2, 0) is 11.3 Å². The summed E-state index contributed by atoms with van der Waals surface area (Å²) < 4.78 is 0. The van der Waals surface area contributed by atoms with Crippen molar-refractivity contribution in [3.8, 4) is 0 Å². The lowest BCUT2D eigenvalue weighted by Gasteiger charge is -2.61. The highest BCUT2D eigenvalue weighted by Crippen LogP contribution is 2.61. The number of benzene rings is 1. The van der Waals surface area contributed by atoms with E-state index in [1.165, 1.54) is 23.1 Å². The van der Waals surface area contributed by atoms with Crippen molar-refractivity contribution >= 4 is 11.5 Å². The van der Waals surface area contributed by atoms with E-state index < -0.39 is 0 Å². The SMILES string of the molecule is C[C@]12CCC(c3nn[nH]n3)=CC1=CC[C@@H]1[C@@H]2CC[C@@]2(C)[C@H]1CCC(=O)N2Cc1ccccc1. The summed E-state index contributed by atoms with van der Waals surface area (Å²) in [5, 5.41) is 14.8. The molecule has 2 fully saturated rings. The van der Waals surface area contributed by atoms with E-state index in [2.05, 4.69) is 75.8 Å².